The van der Waals surface area contributed by atoms with Crippen LogP contribution in [0.4, 0.5) is 0 Å². The largest absolute Gasteiger partial charge is 0.498 e. The second-order valence-corrected chi connectivity index (χ2v) is 3.29. The summed E-state index contributed by atoms with van der Waals surface area (Å²) >= 11 is 0. The van der Waals surface area contributed by atoms with Gasteiger partial charge >= 0.3 is 12.1 Å². The molecule has 0 saturated heterocycles. The summed E-state index contributed by atoms with van der Waals surface area (Å²) in [5.74, 6) is 0. The average Bonchev–Trinajstić information content (AvgIpc) is 2.19. The summed E-state index contributed by atoms with van der Waals surface area (Å²) in [6.45, 7) is 5.48. The molecule has 0 aliphatic rings. The molecule has 1 rings (SSSR count). The van der Waals surface area contributed by atoms with Gasteiger partial charge in [-0.3, -0.25) is 0 Å². The molecule has 0 atom stereocenters. The summed E-state index contributed by atoms with van der Waals surface area (Å²) in [5, 5.41) is 25.6. The van der Waals surface area contributed by atoms with Crippen LogP contribution in [0.25, 0.3) is 10.0 Å². The van der Waals surface area contributed by atoms with Gasteiger partial charge < -0.3 is 10.4 Å². The molecule has 0 aliphatic carbocycles. The second-order valence-electron chi connectivity index (χ2n) is 3.29. The zero-order valence-corrected chi connectivity index (χ0v) is 8.79. The summed E-state index contributed by atoms with van der Waals surface area (Å²) in [7, 11) is 0. The Labute approximate surface area is 88.0 Å². The van der Waals surface area contributed by atoms with Crippen LogP contribution in [0.3, 0.4) is 0 Å². The summed E-state index contributed by atoms with van der Waals surface area (Å²) < 4.78 is 0. The molecule has 0 spiro atoms. The average molecular weight is 202 g/mol. The maximum Gasteiger partial charge on any atom is 0.337 e. The maximum absolute atomic E-state index is 10.2. The molecule has 15 heavy (non-hydrogen) atoms. The first-order chi connectivity index (χ1) is 7.11. The molecule has 4 heteroatoms. The molecule has 76 valence electrons. The monoisotopic (exact) mass is 202 g/mol. The van der Waals surface area contributed by atoms with Gasteiger partial charge in [-0.25, -0.2) is 0 Å². The van der Waals surface area contributed by atoms with E-state index in [9.17, 15) is 10.4 Å². The van der Waals surface area contributed by atoms with Crippen LogP contribution < -0.4 is 0 Å². The minimum Gasteiger partial charge on any atom is -0.498 e. The van der Waals surface area contributed by atoms with E-state index in [0.717, 1.165) is 16.7 Å². The lowest BCUT2D eigenvalue weighted by atomic mass is 9.95. The summed E-state index contributed by atoms with van der Waals surface area (Å²) in [5.41, 5.74) is 3.72. The highest BCUT2D eigenvalue weighted by Gasteiger charge is 2.14. The van der Waals surface area contributed by atoms with Crippen molar-refractivity contribution in [2.24, 2.45) is 0 Å². The number of nitrogens with zero attached hydrogens (tertiary/aromatic N) is 2. The van der Waals surface area contributed by atoms with Crippen LogP contribution in [-0.4, -0.2) is 0 Å². The van der Waals surface area contributed by atoms with Crippen molar-refractivity contribution in [2.75, 3.05) is 0 Å². The Hall–Kier alpha value is -2.20. The molecular weight excluding hydrogens is 192 g/mol. The van der Waals surface area contributed by atoms with E-state index in [0.29, 0.717) is 11.1 Å². The number of aryl methyl sites for hydroxylation is 2. The van der Waals surface area contributed by atoms with Gasteiger partial charge in [-0.1, -0.05) is 6.07 Å². The molecule has 0 unspecified atom stereocenters. The predicted octanol–water partition coefficient (Wildman–Crippen LogP) is 2.97. The van der Waals surface area contributed by atoms with Crippen molar-refractivity contribution in [2.45, 2.75) is 20.8 Å². The van der Waals surface area contributed by atoms with E-state index in [4.69, 9.17) is 0 Å². The molecule has 0 heterocycles. The Morgan fingerprint density at radius 2 is 1.33 bits per heavy atom. The quantitative estimate of drug-likeness (QED) is 0.607. The van der Waals surface area contributed by atoms with E-state index in [-0.39, 0.29) is 0 Å². The highest BCUT2D eigenvalue weighted by molar-refractivity contribution is 5.56. The third-order valence-corrected chi connectivity index (χ3v) is 2.29. The fraction of sp³-hybridized carbons (Fsp3) is 0.273. The van der Waals surface area contributed by atoms with Crippen LogP contribution in [-0.2, 0) is 0 Å². The van der Waals surface area contributed by atoms with Crippen LogP contribution in [0.1, 0.15) is 27.8 Å². The first kappa shape index (κ1) is 10.9. The topological polar surface area (TPSA) is 54.8 Å². The smallest absolute Gasteiger partial charge is 0.337 e. The molecule has 1 aromatic carbocycles. The Morgan fingerprint density at radius 1 is 0.933 bits per heavy atom. The second kappa shape index (κ2) is 4.34. The molecule has 4 nitrogen and oxygen atoms in total. The van der Waals surface area contributed by atoms with Gasteiger partial charge in [0.1, 0.15) is 11.1 Å². The minimum absolute atomic E-state index is 0.599. The number of hydrogen-bond donors (Lipinski definition) is 0. The molecular formula is C11H10N2O2. The van der Waals surface area contributed by atoms with Crippen LogP contribution in [0.15, 0.2) is 6.07 Å². The molecule has 0 amide bonds. The van der Waals surface area contributed by atoms with Gasteiger partial charge in [0.15, 0.2) is 0 Å². The van der Waals surface area contributed by atoms with E-state index < -0.39 is 0 Å². The fourth-order valence-electron chi connectivity index (χ4n) is 1.62. The summed E-state index contributed by atoms with van der Waals surface area (Å²) in [6, 6.07) is 6.55. The van der Waals surface area contributed by atoms with Crippen molar-refractivity contribution in [3.05, 3.63) is 54.3 Å². The third kappa shape index (κ3) is 2.00. The van der Waals surface area contributed by atoms with Gasteiger partial charge in [0.05, 0.1) is 0 Å². The van der Waals surface area contributed by atoms with Crippen molar-refractivity contribution in [3.8, 4) is 12.1 Å². The SMILES string of the molecule is Cc1cc(C)c(C#[N+][O-])c(C)c1C#[N+][O-]. The van der Waals surface area contributed by atoms with E-state index in [1.807, 2.05) is 19.9 Å². The van der Waals surface area contributed by atoms with Crippen molar-refractivity contribution in [1.82, 2.24) is 0 Å². The molecule has 0 fully saturated rings. The van der Waals surface area contributed by atoms with Gasteiger partial charge in [-0.15, -0.1) is 0 Å². The van der Waals surface area contributed by atoms with Gasteiger partial charge in [0.2, 0.25) is 0 Å². The van der Waals surface area contributed by atoms with Gasteiger partial charge in [0.25, 0.3) is 0 Å². The summed E-state index contributed by atoms with van der Waals surface area (Å²) in [6.07, 6.45) is 0. The Balaban J connectivity index is 3.58. The van der Waals surface area contributed by atoms with Crippen molar-refractivity contribution >= 4 is 0 Å². The highest BCUT2D eigenvalue weighted by Crippen LogP contribution is 2.21. The van der Waals surface area contributed by atoms with Crippen LogP contribution >= 0.6 is 0 Å². The molecule has 0 aromatic heterocycles. The van der Waals surface area contributed by atoms with E-state index >= 15 is 0 Å². The molecule has 0 aliphatic heterocycles. The van der Waals surface area contributed by atoms with Crippen LogP contribution in [0.2, 0.25) is 0 Å². The maximum atomic E-state index is 10.2. The number of hydrogen-bond acceptors (Lipinski definition) is 2. The van der Waals surface area contributed by atoms with Crippen molar-refractivity contribution in [3.63, 3.8) is 0 Å². The Bertz CT molecular complexity index is 469. The van der Waals surface area contributed by atoms with E-state index in [2.05, 4.69) is 22.2 Å². The third-order valence-electron chi connectivity index (χ3n) is 2.29. The lowest BCUT2D eigenvalue weighted by molar-refractivity contribution is 1.27. The van der Waals surface area contributed by atoms with Crippen molar-refractivity contribution in [1.29, 1.82) is 0 Å². The Morgan fingerprint density at radius 3 is 1.67 bits per heavy atom. The lowest BCUT2D eigenvalue weighted by Crippen LogP contribution is -1.95. The first-order valence-electron chi connectivity index (χ1n) is 4.39. The minimum atomic E-state index is 0.599. The van der Waals surface area contributed by atoms with Crippen molar-refractivity contribution < 1.29 is 0 Å². The Kier molecular flexibility index (Phi) is 3.15. The van der Waals surface area contributed by atoms with Gasteiger partial charge in [0, 0.05) is 10.0 Å². The van der Waals surface area contributed by atoms with Crippen LogP contribution in [0, 0.1) is 43.3 Å². The lowest BCUT2D eigenvalue weighted by Gasteiger charge is -2.03. The zero-order valence-electron chi connectivity index (χ0n) is 8.79. The fourth-order valence-corrected chi connectivity index (χ4v) is 1.62. The predicted molar refractivity (Wildman–Crippen MR) is 60.1 cm³/mol. The molecule has 1 aromatic rings. The number of rotatable bonds is 0. The molecule has 0 bridgehead atoms. The number of benzene rings is 1. The van der Waals surface area contributed by atoms with Gasteiger partial charge in [-0.05, 0) is 37.5 Å². The van der Waals surface area contributed by atoms with E-state index in [1.165, 1.54) is 0 Å². The first-order valence-corrected chi connectivity index (χ1v) is 4.39. The normalized spacial score (nSPS) is 8.47. The molecule has 0 radical (unpaired) electrons. The molecule has 0 saturated carbocycles. The highest BCUT2D eigenvalue weighted by atomic mass is 16.4. The van der Waals surface area contributed by atoms with Gasteiger partial charge in [-0.2, -0.15) is 0 Å². The van der Waals surface area contributed by atoms with E-state index in [1.54, 1.807) is 6.92 Å². The standard InChI is InChI=1S/C11H10N2O2/c1-7-4-8(2)11(6-13-15)9(3)10(7)5-12-14/h4H,1-3H3. The zero-order chi connectivity index (χ0) is 11.4. The summed E-state index contributed by atoms with van der Waals surface area (Å²) in [4.78, 5) is 0. The van der Waals surface area contributed by atoms with Crippen LogP contribution in [0.5, 0.6) is 0 Å². The molecule has 0 N–H and O–H groups in total.